The molecule has 3 aromatic rings. The highest BCUT2D eigenvalue weighted by molar-refractivity contribution is 7.99. The van der Waals surface area contributed by atoms with E-state index in [4.69, 9.17) is 21.1 Å². The lowest BCUT2D eigenvalue weighted by Crippen LogP contribution is -2.33. The largest absolute Gasteiger partial charge is 0.454 e. The molecule has 11 heteroatoms. The van der Waals surface area contributed by atoms with Gasteiger partial charge in [0.2, 0.25) is 12.7 Å². The average molecular weight is 502 g/mol. The molecule has 1 aliphatic heterocycles. The Morgan fingerprint density at radius 3 is 2.68 bits per heavy atom. The number of hydrogen-bond donors (Lipinski definition) is 2. The van der Waals surface area contributed by atoms with Crippen LogP contribution >= 0.6 is 23.4 Å². The van der Waals surface area contributed by atoms with E-state index in [1.54, 1.807) is 47.0 Å². The maximum atomic E-state index is 12.9. The van der Waals surface area contributed by atoms with Gasteiger partial charge in [0.25, 0.3) is 5.91 Å². The maximum Gasteiger partial charge on any atom is 0.252 e. The molecule has 2 N–H and O–H groups in total. The summed E-state index contributed by atoms with van der Waals surface area (Å²) in [5, 5.41) is 15.4. The molecule has 178 valence electrons. The third-order valence-corrected chi connectivity index (χ3v) is 6.56. The van der Waals surface area contributed by atoms with Crippen LogP contribution in [0.4, 0.5) is 5.69 Å². The number of thioether (sulfide) groups is 1. The molecule has 0 fully saturated rings. The molecule has 0 saturated carbocycles. The van der Waals surface area contributed by atoms with Gasteiger partial charge < -0.3 is 24.7 Å². The van der Waals surface area contributed by atoms with E-state index in [1.807, 2.05) is 20.9 Å². The van der Waals surface area contributed by atoms with Crippen LogP contribution in [0.15, 0.2) is 47.6 Å². The number of carbonyl (C=O) groups is 2. The second-order valence-electron chi connectivity index (χ2n) is 7.98. The van der Waals surface area contributed by atoms with Gasteiger partial charge in [-0.3, -0.25) is 9.59 Å². The van der Waals surface area contributed by atoms with E-state index in [1.165, 1.54) is 11.8 Å². The Morgan fingerprint density at radius 1 is 1.15 bits per heavy atom. The fourth-order valence-corrected chi connectivity index (χ4v) is 4.29. The minimum absolute atomic E-state index is 0.0437. The van der Waals surface area contributed by atoms with E-state index in [0.29, 0.717) is 38.8 Å². The minimum Gasteiger partial charge on any atom is -0.454 e. The smallest absolute Gasteiger partial charge is 0.252 e. The van der Waals surface area contributed by atoms with E-state index in [2.05, 4.69) is 20.8 Å². The third kappa shape index (κ3) is 5.28. The Labute approximate surface area is 206 Å². The Balaban J connectivity index is 1.42. The first kappa shape index (κ1) is 23.9. The van der Waals surface area contributed by atoms with Gasteiger partial charge in [-0.1, -0.05) is 49.3 Å². The number of hydrogen-bond acceptors (Lipinski definition) is 7. The summed E-state index contributed by atoms with van der Waals surface area (Å²) >= 11 is 7.35. The van der Waals surface area contributed by atoms with Crippen LogP contribution in [-0.4, -0.2) is 39.1 Å². The molecule has 0 radical (unpaired) electrons. The molecule has 34 heavy (non-hydrogen) atoms. The number of rotatable bonds is 8. The van der Waals surface area contributed by atoms with Crippen LogP contribution in [-0.2, 0) is 11.8 Å². The standard InChI is InChI=1S/C23H24ClN5O4S/c1-13(2)20(26-22(31)14-8-9-17-18(10-14)33-12-32-17)21-27-28-23(29(21)3)34-11-19(30)25-16-7-5-4-6-15(16)24/h4-10,13,20H,11-12H2,1-3H3,(H,25,30)(H,26,31). The van der Waals surface area contributed by atoms with Gasteiger partial charge in [0.05, 0.1) is 22.5 Å². The third-order valence-electron chi connectivity index (χ3n) is 5.22. The lowest BCUT2D eigenvalue weighted by molar-refractivity contribution is -0.113. The van der Waals surface area contributed by atoms with E-state index >= 15 is 0 Å². The highest BCUT2D eigenvalue weighted by Gasteiger charge is 2.26. The molecule has 0 spiro atoms. The molecule has 0 aliphatic carbocycles. The first-order valence-electron chi connectivity index (χ1n) is 10.6. The lowest BCUT2D eigenvalue weighted by atomic mass is 10.0. The highest BCUT2D eigenvalue weighted by Crippen LogP contribution is 2.33. The average Bonchev–Trinajstić information content (AvgIpc) is 3.43. The van der Waals surface area contributed by atoms with Crippen LogP contribution in [0.1, 0.15) is 36.1 Å². The Kier molecular flexibility index (Phi) is 7.28. The van der Waals surface area contributed by atoms with Gasteiger partial charge in [-0.05, 0) is 36.2 Å². The fraction of sp³-hybridized carbons (Fsp3) is 0.304. The Bertz CT molecular complexity index is 1220. The molecular formula is C23H24ClN5O4S. The summed E-state index contributed by atoms with van der Waals surface area (Å²) in [5.74, 6) is 1.46. The zero-order valence-corrected chi connectivity index (χ0v) is 20.4. The summed E-state index contributed by atoms with van der Waals surface area (Å²) in [6.45, 7) is 4.12. The van der Waals surface area contributed by atoms with Crippen LogP contribution in [0.25, 0.3) is 0 Å². The van der Waals surface area contributed by atoms with Crippen molar-refractivity contribution in [2.45, 2.75) is 25.0 Å². The molecule has 1 unspecified atom stereocenters. The summed E-state index contributed by atoms with van der Waals surface area (Å²) in [6, 6.07) is 11.7. The van der Waals surface area contributed by atoms with Crippen molar-refractivity contribution in [2.24, 2.45) is 13.0 Å². The van der Waals surface area contributed by atoms with Crippen molar-refractivity contribution in [3.8, 4) is 11.5 Å². The zero-order valence-electron chi connectivity index (χ0n) is 18.9. The van der Waals surface area contributed by atoms with Crippen LogP contribution in [0.2, 0.25) is 5.02 Å². The number of nitrogens with one attached hydrogen (secondary N) is 2. The van der Waals surface area contributed by atoms with Crippen LogP contribution < -0.4 is 20.1 Å². The molecule has 4 rings (SSSR count). The Morgan fingerprint density at radius 2 is 1.91 bits per heavy atom. The zero-order chi connectivity index (χ0) is 24.2. The van der Waals surface area contributed by atoms with Gasteiger partial charge in [-0.15, -0.1) is 10.2 Å². The molecular weight excluding hydrogens is 478 g/mol. The molecule has 0 saturated heterocycles. The molecule has 2 amide bonds. The van der Waals surface area contributed by atoms with Crippen molar-refractivity contribution in [1.82, 2.24) is 20.1 Å². The SMILES string of the molecule is CC(C)C(NC(=O)c1ccc2c(c1)OCO2)c1nnc(SCC(=O)Nc2ccccc2Cl)n1C. The number of ether oxygens (including phenoxy) is 2. The number of fused-ring (bicyclic) bond motifs is 1. The molecule has 1 atom stereocenters. The monoisotopic (exact) mass is 501 g/mol. The summed E-state index contributed by atoms with van der Waals surface area (Å²) < 4.78 is 12.5. The van der Waals surface area contributed by atoms with Crippen molar-refractivity contribution in [3.05, 3.63) is 58.9 Å². The molecule has 2 heterocycles. The van der Waals surface area contributed by atoms with Gasteiger partial charge >= 0.3 is 0 Å². The van der Waals surface area contributed by atoms with E-state index in [9.17, 15) is 9.59 Å². The van der Waals surface area contributed by atoms with Gasteiger partial charge in [-0.25, -0.2) is 0 Å². The van der Waals surface area contributed by atoms with Crippen LogP contribution in [0, 0.1) is 5.92 Å². The van der Waals surface area contributed by atoms with Crippen molar-refractivity contribution < 1.29 is 19.1 Å². The second-order valence-corrected chi connectivity index (χ2v) is 9.33. The highest BCUT2D eigenvalue weighted by atomic mass is 35.5. The van der Waals surface area contributed by atoms with Crippen LogP contribution in [0.5, 0.6) is 11.5 Å². The summed E-state index contributed by atoms with van der Waals surface area (Å²) in [4.78, 5) is 25.3. The number of amides is 2. The van der Waals surface area contributed by atoms with Crippen LogP contribution in [0.3, 0.4) is 0 Å². The molecule has 9 nitrogen and oxygen atoms in total. The summed E-state index contributed by atoms with van der Waals surface area (Å²) in [5.41, 5.74) is 1.02. The number of anilines is 1. The van der Waals surface area contributed by atoms with Crippen molar-refractivity contribution in [1.29, 1.82) is 0 Å². The quantitative estimate of drug-likeness (QED) is 0.448. The number of para-hydroxylation sites is 1. The predicted molar refractivity (Wildman–Crippen MR) is 129 cm³/mol. The Hall–Kier alpha value is -3.24. The number of carbonyl (C=O) groups excluding carboxylic acids is 2. The van der Waals surface area contributed by atoms with Gasteiger partial charge in [0.15, 0.2) is 22.5 Å². The normalized spacial score (nSPS) is 13.1. The number of nitrogens with zero attached hydrogens (tertiary/aromatic N) is 3. The van der Waals surface area contributed by atoms with Gasteiger partial charge in [0.1, 0.15) is 0 Å². The fourth-order valence-electron chi connectivity index (χ4n) is 3.39. The first-order chi connectivity index (χ1) is 16.3. The predicted octanol–water partition coefficient (Wildman–Crippen LogP) is 4.06. The summed E-state index contributed by atoms with van der Waals surface area (Å²) in [6.07, 6.45) is 0. The van der Waals surface area contributed by atoms with Crippen molar-refractivity contribution in [3.63, 3.8) is 0 Å². The van der Waals surface area contributed by atoms with Gasteiger partial charge in [0, 0.05) is 12.6 Å². The van der Waals surface area contributed by atoms with Crippen molar-refractivity contribution in [2.75, 3.05) is 17.9 Å². The number of benzene rings is 2. The first-order valence-corrected chi connectivity index (χ1v) is 12.0. The topological polar surface area (TPSA) is 107 Å². The molecule has 2 aromatic carbocycles. The number of aromatic nitrogens is 3. The molecule has 0 bridgehead atoms. The maximum absolute atomic E-state index is 12.9. The van der Waals surface area contributed by atoms with E-state index < -0.39 is 0 Å². The minimum atomic E-state index is -0.387. The molecule has 1 aromatic heterocycles. The number of halogens is 1. The second kappa shape index (κ2) is 10.4. The summed E-state index contributed by atoms with van der Waals surface area (Å²) in [7, 11) is 1.81. The van der Waals surface area contributed by atoms with Crippen molar-refractivity contribution >= 4 is 40.9 Å². The van der Waals surface area contributed by atoms with E-state index in [-0.39, 0.29) is 36.3 Å². The van der Waals surface area contributed by atoms with Gasteiger partial charge in [-0.2, -0.15) is 0 Å². The van der Waals surface area contributed by atoms with E-state index in [0.717, 1.165) is 0 Å². The lowest BCUT2D eigenvalue weighted by Gasteiger charge is -2.21. The molecule has 1 aliphatic rings.